The van der Waals surface area contributed by atoms with Crippen LogP contribution in [0.2, 0.25) is 0 Å². The summed E-state index contributed by atoms with van der Waals surface area (Å²) in [6.07, 6.45) is 5.94. The summed E-state index contributed by atoms with van der Waals surface area (Å²) in [4.78, 5) is 14.6. The minimum Gasteiger partial charge on any atom is -0.356 e. The Morgan fingerprint density at radius 3 is 2.68 bits per heavy atom. The quantitative estimate of drug-likeness (QED) is 0.755. The van der Waals surface area contributed by atoms with E-state index in [4.69, 9.17) is 5.14 Å². The van der Waals surface area contributed by atoms with Gasteiger partial charge in [-0.3, -0.25) is 4.79 Å². The Hall–Kier alpha value is -1.34. The molecule has 3 rings (SSSR count). The zero-order chi connectivity index (χ0) is 13.6. The number of aromatic amines is 1. The van der Waals surface area contributed by atoms with E-state index in [1.54, 1.807) is 0 Å². The Morgan fingerprint density at radius 2 is 2.16 bits per heavy atom. The third-order valence-corrected chi connectivity index (χ3v) is 5.18. The molecule has 2 aliphatic carbocycles. The molecule has 6 nitrogen and oxygen atoms in total. The standard InChI is InChI=1S/C12H17N3O3S/c13-19(17,18)9-5-11(14-6-9)12(16)15-10-4-7-1-2-8(10)3-7/h5-8,10,14H,1-4H2,(H,15,16)(H2,13,17,18). The van der Waals surface area contributed by atoms with Gasteiger partial charge in [0.1, 0.15) is 5.69 Å². The second kappa shape index (κ2) is 4.35. The fourth-order valence-corrected chi connectivity index (χ4v) is 3.84. The van der Waals surface area contributed by atoms with Crippen molar-refractivity contribution in [3.63, 3.8) is 0 Å². The van der Waals surface area contributed by atoms with Crippen molar-refractivity contribution in [2.75, 3.05) is 0 Å². The molecule has 7 heteroatoms. The van der Waals surface area contributed by atoms with Crippen LogP contribution in [0.4, 0.5) is 0 Å². The Bertz CT molecular complexity index is 607. The molecule has 3 atom stereocenters. The largest absolute Gasteiger partial charge is 0.356 e. The van der Waals surface area contributed by atoms with Gasteiger partial charge in [-0.2, -0.15) is 0 Å². The van der Waals surface area contributed by atoms with Crippen molar-refractivity contribution >= 4 is 15.9 Å². The van der Waals surface area contributed by atoms with Crippen LogP contribution in [0.15, 0.2) is 17.2 Å². The molecule has 104 valence electrons. The lowest BCUT2D eigenvalue weighted by Crippen LogP contribution is -2.38. The molecule has 2 aliphatic rings. The van der Waals surface area contributed by atoms with Gasteiger partial charge in [0.2, 0.25) is 10.0 Å². The monoisotopic (exact) mass is 283 g/mol. The summed E-state index contributed by atoms with van der Waals surface area (Å²) in [5.74, 6) is 1.08. The van der Waals surface area contributed by atoms with E-state index in [0.29, 0.717) is 5.92 Å². The first-order valence-corrected chi connectivity index (χ1v) is 8.00. The van der Waals surface area contributed by atoms with E-state index in [2.05, 4.69) is 10.3 Å². The Kier molecular flexibility index (Phi) is 2.90. The highest BCUT2D eigenvalue weighted by atomic mass is 32.2. The molecular formula is C12H17N3O3S. The Balaban J connectivity index is 1.69. The van der Waals surface area contributed by atoms with Crippen molar-refractivity contribution in [3.05, 3.63) is 18.0 Å². The molecule has 1 heterocycles. The molecule has 2 bridgehead atoms. The third kappa shape index (κ3) is 2.40. The van der Waals surface area contributed by atoms with Crippen molar-refractivity contribution in [1.29, 1.82) is 0 Å². The summed E-state index contributed by atoms with van der Waals surface area (Å²) in [5, 5.41) is 7.99. The fraction of sp³-hybridized carbons (Fsp3) is 0.583. The summed E-state index contributed by atoms with van der Waals surface area (Å²) in [6.45, 7) is 0. The molecule has 4 N–H and O–H groups in total. The van der Waals surface area contributed by atoms with E-state index in [1.807, 2.05) is 0 Å². The van der Waals surface area contributed by atoms with Crippen LogP contribution in [0.25, 0.3) is 0 Å². The van der Waals surface area contributed by atoms with Crippen LogP contribution in [-0.4, -0.2) is 25.4 Å². The second-order valence-corrected chi connectivity index (χ2v) is 7.11. The van der Waals surface area contributed by atoms with Gasteiger partial charge in [0, 0.05) is 12.2 Å². The number of aromatic nitrogens is 1. The molecule has 3 unspecified atom stereocenters. The number of H-pyrrole nitrogens is 1. The summed E-state index contributed by atoms with van der Waals surface area (Å²) >= 11 is 0. The summed E-state index contributed by atoms with van der Waals surface area (Å²) in [6, 6.07) is 1.50. The maximum absolute atomic E-state index is 12.0. The zero-order valence-electron chi connectivity index (χ0n) is 10.4. The first-order valence-electron chi connectivity index (χ1n) is 6.45. The zero-order valence-corrected chi connectivity index (χ0v) is 11.2. The van der Waals surface area contributed by atoms with Gasteiger partial charge in [-0.1, -0.05) is 6.42 Å². The van der Waals surface area contributed by atoms with Gasteiger partial charge >= 0.3 is 0 Å². The molecule has 1 aromatic heterocycles. The second-order valence-electron chi connectivity index (χ2n) is 5.55. The molecule has 0 radical (unpaired) electrons. The number of hydrogen-bond donors (Lipinski definition) is 3. The fourth-order valence-electron chi connectivity index (χ4n) is 3.34. The Morgan fingerprint density at radius 1 is 1.37 bits per heavy atom. The van der Waals surface area contributed by atoms with Crippen molar-refractivity contribution < 1.29 is 13.2 Å². The van der Waals surface area contributed by atoms with Crippen LogP contribution >= 0.6 is 0 Å². The molecule has 2 fully saturated rings. The number of rotatable bonds is 3. The first-order chi connectivity index (χ1) is 8.93. The number of fused-ring (bicyclic) bond motifs is 2. The molecule has 0 saturated heterocycles. The van der Waals surface area contributed by atoms with Crippen molar-refractivity contribution in [3.8, 4) is 0 Å². The maximum atomic E-state index is 12.0. The van der Waals surface area contributed by atoms with E-state index < -0.39 is 10.0 Å². The van der Waals surface area contributed by atoms with Gasteiger partial charge < -0.3 is 10.3 Å². The minimum absolute atomic E-state index is 0.0643. The van der Waals surface area contributed by atoms with E-state index in [9.17, 15) is 13.2 Å². The number of nitrogens with one attached hydrogen (secondary N) is 2. The number of hydrogen-bond acceptors (Lipinski definition) is 3. The van der Waals surface area contributed by atoms with Crippen LogP contribution < -0.4 is 10.5 Å². The van der Waals surface area contributed by atoms with Gasteiger partial charge in [0.05, 0.1) is 4.90 Å². The van der Waals surface area contributed by atoms with Crippen LogP contribution in [-0.2, 0) is 10.0 Å². The maximum Gasteiger partial charge on any atom is 0.267 e. The lowest BCUT2D eigenvalue weighted by atomic mass is 9.95. The van der Waals surface area contributed by atoms with Crippen LogP contribution in [0, 0.1) is 11.8 Å². The van der Waals surface area contributed by atoms with Gasteiger partial charge in [-0.05, 0) is 37.2 Å². The first kappa shape index (κ1) is 12.7. The number of primary sulfonamides is 1. The highest BCUT2D eigenvalue weighted by Crippen LogP contribution is 2.44. The topological polar surface area (TPSA) is 105 Å². The van der Waals surface area contributed by atoms with Crippen LogP contribution in [0.5, 0.6) is 0 Å². The molecule has 1 amide bonds. The third-order valence-electron chi connectivity index (χ3n) is 4.28. The van der Waals surface area contributed by atoms with Crippen molar-refractivity contribution in [1.82, 2.24) is 10.3 Å². The van der Waals surface area contributed by atoms with Gasteiger partial charge in [0.15, 0.2) is 0 Å². The predicted molar refractivity (Wildman–Crippen MR) is 68.9 cm³/mol. The number of carbonyl (C=O) groups excluding carboxylic acids is 1. The summed E-state index contributed by atoms with van der Waals surface area (Å²) < 4.78 is 22.3. The number of sulfonamides is 1. The highest BCUT2D eigenvalue weighted by Gasteiger charge is 2.40. The SMILES string of the molecule is NS(=O)(=O)c1c[nH]c(C(=O)NC2CC3CCC2C3)c1. The lowest BCUT2D eigenvalue weighted by Gasteiger charge is -2.22. The molecule has 0 aliphatic heterocycles. The number of carbonyl (C=O) groups is 1. The number of nitrogens with two attached hydrogens (primary N) is 1. The van der Waals surface area contributed by atoms with Gasteiger partial charge in [-0.25, -0.2) is 13.6 Å². The van der Waals surface area contributed by atoms with Crippen molar-refractivity contribution in [2.24, 2.45) is 17.0 Å². The van der Waals surface area contributed by atoms with E-state index in [0.717, 1.165) is 12.3 Å². The molecule has 2 saturated carbocycles. The molecule has 1 aromatic rings. The highest BCUT2D eigenvalue weighted by molar-refractivity contribution is 7.89. The predicted octanol–water partition coefficient (Wildman–Crippen LogP) is 0.580. The molecular weight excluding hydrogens is 266 g/mol. The van der Waals surface area contributed by atoms with E-state index >= 15 is 0 Å². The van der Waals surface area contributed by atoms with Crippen molar-refractivity contribution in [2.45, 2.75) is 36.6 Å². The van der Waals surface area contributed by atoms with Crippen LogP contribution in [0.1, 0.15) is 36.2 Å². The molecule has 19 heavy (non-hydrogen) atoms. The smallest absolute Gasteiger partial charge is 0.267 e. The van der Waals surface area contributed by atoms with E-state index in [-0.39, 0.29) is 22.5 Å². The minimum atomic E-state index is -3.76. The average Bonchev–Trinajstić information content (AvgIpc) is 3.03. The van der Waals surface area contributed by atoms with Gasteiger partial charge in [0.25, 0.3) is 5.91 Å². The lowest BCUT2D eigenvalue weighted by molar-refractivity contribution is 0.0918. The van der Waals surface area contributed by atoms with Gasteiger partial charge in [-0.15, -0.1) is 0 Å². The Labute approximate surface area is 111 Å². The van der Waals surface area contributed by atoms with Crippen LogP contribution in [0.3, 0.4) is 0 Å². The normalized spacial score (nSPS) is 29.6. The van der Waals surface area contributed by atoms with E-state index in [1.165, 1.54) is 31.5 Å². The number of amides is 1. The average molecular weight is 283 g/mol. The summed E-state index contributed by atoms with van der Waals surface area (Å²) in [5.41, 5.74) is 0.242. The summed E-state index contributed by atoms with van der Waals surface area (Å²) in [7, 11) is -3.76. The molecule has 0 spiro atoms. The molecule has 0 aromatic carbocycles.